The van der Waals surface area contributed by atoms with Gasteiger partial charge in [0.2, 0.25) is 5.88 Å². The summed E-state index contributed by atoms with van der Waals surface area (Å²) in [5.41, 5.74) is 6.62. The molecule has 2 fully saturated rings. The molecule has 0 spiro atoms. The van der Waals surface area contributed by atoms with E-state index in [0.717, 1.165) is 78.2 Å². The van der Waals surface area contributed by atoms with Gasteiger partial charge in [0.1, 0.15) is 46.1 Å². The molecule has 0 saturated carbocycles. The molecule has 4 atom stereocenters. The summed E-state index contributed by atoms with van der Waals surface area (Å²) in [6.07, 6.45) is 1.90. The lowest BCUT2D eigenvalue weighted by Crippen LogP contribution is -2.29. The maximum absolute atomic E-state index is 13.1. The van der Waals surface area contributed by atoms with Crippen molar-refractivity contribution in [3.63, 3.8) is 0 Å². The SMILES string of the molecule is COCc1cc2c3nc(c(=O)[nH]c3c1)-c1cccc3c(=O)n(sc13)CCN1CC[C@@H](C1)O2.COCc1cc2c3nc(c(OC)nc3c1)-c1cccc3c(=O)n(sc13)CCN1CC[C@@H](C1)O2. The third-order valence-corrected chi connectivity index (χ3v) is 14.9. The summed E-state index contributed by atoms with van der Waals surface area (Å²) in [6.45, 7) is 7.19. The molecule has 8 aromatic rings. The van der Waals surface area contributed by atoms with E-state index in [2.05, 4.69) is 14.8 Å². The van der Waals surface area contributed by atoms with Gasteiger partial charge in [0.05, 0.1) is 51.5 Å². The first-order valence-corrected chi connectivity index (χ1v) is 23.3. The van der Waals surface area contributed by atoms with Gasteiger partial charge in [0.25, 0.3) is 16.7 Å². The van der Waals surface area contributed by atoms with Gasteiger partial charge in [-0.1, -0.05) is 47.3 Å². The van der Waals surface area contributed by atoms with Crippen molar-refractivity contribution in [3.05, 3.63) is 103 Å². The van der Waals surface area contributed by atoms with Gasteiger partial charge in [-0.3, -0.25) is 32.1 Å². The zero-order valence-electron chi connectivity index (χ0n) is 36.1. The van der Waals surface area contributed by atoms with E-state index in [9.17, 15) is 14.4 Å². The van der Waals surface area contributed by atoms with E-state index in [1.807, 2.05) is 64.6 Å². The second-order valence-electron chi connectivity index (χ2n) is 16.8. The predicted octanol–water partition coefficient (Wildman–Crippen LogP) is 5.87. The number of ether oxygens (including phenoxy) is 5. The van der Waals surface area contributed by atoms with Gasteiger partial charge in [-0.25, -0.2) is 15.0 Å². The van der Waals surface area contributed by atoms with Crippen molar-refractivity contribution in [2.24, 2.45) is 0 Å². The van der Waals surface area contributed by atoms with Gasteiger partial charge in [0.15, 0.2) is 0 Å². The minimum Gasteiger partial charge on any atom is -0.487 e. The molecule has 4 aliphatic rings. The first-order valence-electron chi connectivity index (χ1n) is 21.7. The van der Waals surface area contributed by atoms with Gasteiger partial charge in [-0.15, -0.1) is 0 Å². The van der Waals surface area contributed by atoms with Crippen molar-refractivity contribution in [2.75, 3.05) is 60.6 Å². The average molecular weight is 915 g/mol. The van der Waals surface area contributed by atoms with E-state index < -0.39 is 0 Å². The molecule has 4 aromatic heterocycles. The van der Waals surface area contributed by atoms with E-state index >= 15 is 0 Å². The maximum Gasteiger partial charge on any atom is 0.275 e. The highest BCUT2D eigenvalue weighted by Gasteiger charge is 2.29. The van der Waals surface area contributed by atoms with Crippen molar-refractivity contribution < 1.29 is 23.7 Å². The van der Waals surface area contributed by atoms with Crippen LogP contribution in [0.3, 0.4) is 0 Å². The molecule has 0 aliphatic carbocycles. The van der Waals surface area contributed by atoms with Gasteiger partial charge in [-0.2, -0.15) is 0 Å². The molecule has 65 heavy (non-hydrogen) atoms. The van der Waals surface area contributed by atoms with Crippen LogP contribution in [-0.2, 0) is 35.8 Å². The average Bonchev–Trinajstić information content (AvgIpc) is 4.10. The summed E-state index contributed by atoms with van der Waals surface area (Å²) in [7, 11) is 4.90. The lowest BCUT2D eigenvalue weighted by molar-refractivity contribution is 0.182. The Morgan fingerprint density at radius 1 is 0.662 bits per heavy atom. The molecule has 2 saturated heterocycles. The van der Waals surface area contributed by atoms with E-state index in [1.165, 1.54) is 23.1 Å². The highest BCUT2D eigenvalue weighted by atomic mass is 32.1. The number of nitrogens with zero attached hydrogens (tertiary/aromatic N) is 7. The lowest BCUT2D eigenvalue weighted by atomic mass is 10.1. The number of hydrogen-bond acceptors (Lipinski definition) is 15. The number of aromatic amines is 1. The normalized spacial score (nSPS) is 20.0. The topological polar surface area (TPSA) is 168 Å². The molecule has 334 valence electrons. The number of rotatable bonds is 5. The molecule has 2 unspecified atom stereocenters. The van der Waals surface area contributed by atoms with Crippen LogP contribution >= 0.6 is 23.1 Å². The summed E-state index contributed by atoms with van der Waals surface area (Å²) >= 11 is 2.89. The van der Waals surface area contributed by atoms with Crippen molar-refractivity contribution >= 4 is 65.3 Å². The van der Waals surface area contributed by atoms with Crippen LogP contribution in [0.1, 0.15) is 24.0 Å². The van der Waals surface area contributed by atoms with E-state index in [4.69, 9.17) is 38.6 Å². The smallest absolute Gasteiger partial charge is 0.275 e. The monoisotopic (exact) mass is 914 g/mol. The fourth-order valence-corrected chi connectivity index (χ4v) is 11.6. The predicted molar refractivity (Wildman–Crippen MR) is 251 cm³/mol. The zero-order valence-corrected chi connectivity index (χ0v) is 37.8. The molecular weight excluding hydrogens is 869 g/mol. The van der Waals surface area contributed by atoms with Crippen LogP contribution in [0.4, 0.5) is 0 Å². The third kappa shape index (κ3) is 7.66. The van der Waals surface area contributed by atoms with Gasteiger partial charge < -0.3 is 28.7 Å². The van der Waals surface area contributed by atoms with Crippen LogP contribution in [0, 0.1) is 0 Å². The number of nitrogens with one attached hydrogen (secondary N) is 1. The molecule has 1 N–H and O–H groups in total. The number of benzene rings is 4. The second kappa shape index (κ2) is 17.1. The summed E-state index contributed by atoms with van der Waals surface area (Å²) in [6, 6.07) is 19.0. The van der Waals surface area contributed by atoms with Crippen molar-refractivity contribution in [1.29, 1.82) is 0 Å². The fourth-order valence-electron chi connectivity index (χ4n) is 9.43. The molecule has 0 radical (unpaired) electrons. The molecule has 16 nitrogen and oxygen atoms in total. The van der Waals surface area contributed by atoms with E-state index in [1.54, 1.807) is 25.3 Å². The van der Waals surface area contributed by atoms with Crippen LogP contribution in [0.2, 0.25) is 0 Å². The minimum absolute atomic E-state index is 0.0177. The Morgan fingerprint density at radius 3 is 1.80 bits per heavy atom. The summed E-state index contributed by atoms with van der Waals surface area (Å²) in [5, 5.41) is 1.32. The second-order valence-corrected chi connectivity index (χ2v) is 18.9. The standard InChI is InChI=1S/C24H24N4O4S.C23H22N4O4S/c1-30-13-14-10-18-21-19(11-14)32-15-6-7-27(12-15)8-9-28-24(29)17-5-3-4-16(22(17)33-28)20(26-21)23(25-18)31-2;1-30-12-13-9-17-20-18(10-13)31-14-5-6-26(11-14)7-8-27-23(29)16-4-2-3-15(21(16)32-27)19(25-20)22(28)24-17/h3-5,10-11,15H,6-9,12-13H2,1-2H3;2-4,9-10,14H,5-8,11-12H2,1H3,(H,24,28)/t15-;14-/m00/s1. The van der Waals surface area contributed by atoms with Crippen LogP contribution in [0.25, 0.3) is 64.8 Å². The van der Waals surface area contributed by atoms with Crippen LogP contribution in [0.15, 0.2) is 75.0 Å². The fraction of sp³-hybridized carbons (Fsp3) is 0.362. The third-order valence-electron chi connectivity index (χ3n) is 12.5. The Morgan fingerprint density at radius 2 is 1.22 bits per heavy atom. The Balaban J connectivity index is 0.000000144. The number of fused-ring (bicyclic) bond motifs is 10. The first-order chi connectivity index (χ1) is 31.7. The van der Waals surface area contributed by atoms with Crippen molar-refractivity contribution in [2.45, 2.75) is 51.4 Å². The number of methoxy groups -OCH3 is 3. The molecule has 12 bridgehead atoms. The van der Waals surface area contributed by atoms with E-state index in [0.29, 0.717) is 93.5 Å². The Bertz CT molecular complexity index is 3340. The molecule has 4 aromatic carbocycles. The van der Waals surface area contributed by atoms with Gasteiger partial charge in [-0.05, 0) is 60.4 Å². The van der Waals surface area contributed by atoms with Crippen molar-refractivity contribution in [3.8, 4) is 39.9 Å². The van der Waals surface area contributed by atoms with Gasteiger partial charge >= 0.3 is 0 Å². The van der Waals surface area contributed by atoms with Crippen LogP contribution < -0.4 is 30.9 Å². The van der Waals surface area contributed by atoms with E-state index in [-0.39, 0.29) is 28.9 Å². The van der Waals surface area contributed by atoms with Crippen molar-refractivity contribution in [1.82, 2.24) is 37.6 Å². The molecule has 18 heteroatoms. The lowest BCUT2D eigenvalue weighted by Gasteiger charge is -2.19. The molecule has 4 aliphatic heterocycles. The zero-order chi connectivity index (χ0) is 44.3. The summed E-state index contributed by atoms with van der Waals surface area (Å²) in [5.74, 6) is 1.77. The molecular formula is C47H46N8O8S2. The molecule has 12 rings (SSSR count). The van der Waals surface area contributed by atoms with Gasteiger partial charge in [0, 0.05) is 77.7 Å². The minimum atomic E-state index is -0.294. The number of H-pyrrole nitrogens is 1. The quantitative estimate of drug-likeness (QED) is 0.218. The highest BCUT2D eigenvalue weighted by Crippen LogP contribution is 2.39. The largest absolute Gasteiger partial charge is 0.487 e. The Kier molecular flexibility index (Phi) is 10.9. The van der Waals surface area contributed by atoms with Crippen LogP contribution in [0.5, 0.6) is 17.4 Å². The Labute approximate surface area is 379 Å². The number of hydrogen-bond donors (Lipinski definition) is 1. The summed E-state index contributed by atoms with van der Waals surface area (Å²) < 4.78 is 34.6. The maximum atomic E-state index is 13.1. The number of aromatic nitrogens is 6. The van der Waals surface area contributed by atoms with Crippen LogP contribution in [-0.4, -0.2) is 110 Å². The highest BCUT2D eigenvalue weighted by molar-refractivity contribution is 7.14. The molecule has 0 amide bonds. The Hall–Kier alpha value is -6.02. The molecule has 8 heterocycles. The summed E-state index contributed by atoms with van der Waals surface area (Å²) in [4.78, 5) is 61.5. The first kappa shape index (κ1) is 41.7.